The van der Waals surface area contributed by atoms with Gasteiger partial charge >= 0.3 is 0 Å². The van der Waals surface area contributed by atoms with Gasteiger partial charge in [-0.25, -0.2) is 4.98 Å². The van der Waals surface area contributed by atoms with E-state index in [4.69, 9.17) is 4.74 Å². The third-order valence-corrected chi connectivity index (χ3v) is 4.99. The van der Waals surface area contributed by atoms with Gasteiger partial charge in [0, 0.05) is 18.0 Å². The van der Waals surface area contributed by atoms with E-state index in [0.29, 0.717) is 30.5 Å². The molecule has 1 N–H and O–H groups in total. The molecule has 2 rings (SSSR count). The molecule has 0 aliphatic rings. The zero-order valence-electron chi connectivity index (χ0n) is 19.6. The zero-order valence-corrected chi connectivity index (χ0v) is 19.6. The molecule has 1 amide bonds. The van der Waals surface area contributed by atoms with Crippen LogP contribution in [-0.2, 0) is 4.79 Å². The van der Waals surface area contributed by atoms with Crippen LogP contribution in [0.5, 0.6) is 5.88 Å². The normalized spacial score (nSPS) is 11.8. The molecule has 0 atom stereocenters. The molecule has 0 unspecified atom stereocenters. The standard InChI is InChI=1S/C27H35N3O2/c1-21(2)20-29-26(31)17-22(3)13-9-7-5-4-6-8-12-16-32-27-24(19-28)18-23-14-10-11-15-25(23)30-27/h9-11,13-15,17-18,21H,4-8,12,16,20H2,1-3H3,(H,29,31)/b13-9+,22-17+. The first-order valence-corrected chi connectivity index (χ1v) is 11.5. The number of para-hydroxylation sites is 1. The molecule has 170 valence electrons. The van der Waals surface area contributed by atoms with Gasteiger partial charge in [-0.2, -0.15) is 5.26 Å². The van der Waals surface area contributed by atoms with Gasteiger partial charge in [0.1, 0.15) is 11.6 Å². The molecule has 1 aromatic heterocycles. The quantitative estimate of drug-likeness (QED) is 0.235. The van der Waals surface area contributed by atoms with Crippen LogP contribution in [0.15, 0.2) is 54.1 Å². The SMILES string of the molecule is CC(/C=C/CCCCCCCOc1nc2ccccc2cc1C#N)=C\C(=O)NCC(C)C. The number of hydrogen-bond donors (Lipinski definition) is 1. The maximum Gasteiger partial charge on any atom is 0.244 e. The van der Waals surface area contributed by atoms with Crippen molar-refractivity contribution in [1.29, 1.82) is 5.26 Å². The van der Waals surface area contributed by atoms with Gasteiger partial charge in [0.25, 0.3) is 0 Å². The van der Waals surface area contributed by atoms with E-state index in [-0.39, 0.29) is 5.91 Å². The summed E-state index contributed by atoms with van der Waals surface area (Å²) in [6.45, 7) is 7.39. The minimum Gasteiger partial charge on any atom is -0.477 e. The van der Waals surface area contributed by atoms with Crippen LogP contribution in [0, 0.1) is 17.2 Å². The number of amides is 1. The Kier molecular flexibility index (Phi) is 11.0. The van der Waals surface area contributed by atoms with E-state index in [1.54, 1.807) is 6.08 Å². The Morgan fingerprint density at radius 2 is 1.94 bits per heavy atom. The van der Waals surface area contributed by atoms with Crippen LogP contribution in [0.4, 0.5) is 0 Å². The monoisotopic (exact) mass is 433 g/mol. The van der Waals surface area contributed by atoms with E-state index in [1.165, 1.54) is 6.42 Å². The number of allylic oxidation sites excluding steroid dienone is 3. The second-order valence-electron chi connectivity index (χ2n) is 8.48. The smallest absolute Gasteiger partial charge is 0.244 e. The van der Waals surface area contributed by atoms with Gasteiger partial charge in [0.2, 0.25) is 11.8 Å². The molecule has 32 heavy (non-hydrogen) atoms. The summed E-state index contributed by atoms with van der Waals surface area (Å²) < 4.78 is 5.79. The summed E-state index contributed by atoms with van der Waals surface area (Å²) in [5.74, 6) is 0.863. The summed E-state index contributed by atoms with van der Waals surface area (Å²) in [4.78, 5) is 16.2. The first kappa shape index (κ1) is 25.1. The predicted octanol–water partition coefficient (Wildman–Crippen LogP) is 6.10. The summed E-state index contributed by atoms with van der Waals surface area (Å²) in [5.41, 5.74) is 2.30. The number of carbonyl (C=O) groups excluding carboxylic acids is 1. The highest BCUT2D eigenvalue weighted by Gasteiger charge is 2.07. The lowest BCUT2D eigenvalue weighted by molar-refractivity contribution is -0.116. The van der Waals surface area contributed by atoms with Crippen LogP contribution >= 0.6 is 0 Å². The number of ether oxygens (including phenoxy) is 1. The van der Waals surface area contributed by atoms with Crippen LogP contribution in [0.1, 0.15) is 64.9 Å². The number of hydrogen-bond acceptors (Lipinski definition) is 4. The van der Waals surface area contributed by atoms with Crippen LogP contribution in [0.3, 0.4) is 0 Å². The molecule has 0 aliphatic carbocycles. The van der Waals surface area contributed by atoms with Crippen molar-refractivity contribution in [3.05, 3.63) is 59.7 Å². The minimum atomic E-state index is -0.0242. The fourth-order valence-electron chi connectivity index (χ4n) is 3.23. The van der Waals surface area contributed by atoms with Gasteiger partial charge in [-0.1, -0.05) is 63.5 Å². The van der Waals surface area contributed by atoms with E-state index >= 15 is 0 Å². The van der Waals surface area contributed by atoms with Gasteiger partial charge in [-0.15, -0.1) is 0 Å². The Bertz CT molecular complexity index is 971. The van der Waals surface area contributed by atoms with Crippen LogP contribution in [-0.4, -0.2) is 24.0 Å². The highest BCUT2D eigenvalue weighted by Crippen LogP contribution is 2.22. The average Bonchev–Trinajstić information content (AvgIpc) is 2.78. The van der Waals surface area contributed by atoms with Crippen molar-refractivity contribution in [2.24, 2.45) is 5.92 Å². The van der Waals surface area contributed by atoms with E-state index in [2.05, 4.69) is 36.3 Å². The molecule has 5 heteroatoms. The summed E-state index contributed by atoms with van der Waals surface area (Å²) in [6.07, 6.45) is 12.3. The Morgan fingerprint density at radius 1 is 1.19 bits per heavy atom. The Hall–Kier alpha value is -3.13. The topological polar surface area (TPSA) is 75.0 Å². The number of benzene rings is 1. The summed E-state index contributed by atoms with van der Waals surface area (Å²) in [6, 6.07) is 11.8. The van der Waals surface area contributed by atoms with Crippen molar-refractivity contribution >= 4 is 16.8 Å². The fraction of sp³-hybridized carbons (Fsp3) is 0.444. The number of rotatable bonds is 13. The summed E-state index contributed by atoms with van der Waals surface area (Å²) in [5, 5.41) is 13.2. The largest absolute Gasteiger partial charge is 0.477 e. The van der Waals surface area contributed by atoms with Crippen molar-refractivity contribution in [2.45, 2.75) is 59.3 Å². The molecule has 1 heterocycles. The van der Waals surface area contributed by atoms with Gasteiger partial charge in [-0.3, -0.25) is 4.79 Å². The zero-order chi connectivity index (χ0) is 23.2. The Labute approximate surface area is 192 Å². The van der Waals surface area contributed by atoms with Crippen molar-refractivity contribution in [1.82, 2.24) is 10.3 Å². The number of nitriles is 1. The average molecular weight is 434 g/mol. The van der Waals surface area contributed by atoms with E-state index in [9.17, 15) is 10.1 Å². The maximum absolute atomic E-state index is 11.8. The van der Waals surface area contributed by atoms with Crippen molar-refractivity contribution in [3.8, 4) is 11.9 Å². The van der Waals surface area contributed by atoms with Crippen LogP contribution in [0.2, 0.25) is 0 Å². The second-order valence-corrected chi connectivity index (χ2v) is 8.48. The molecule has 0 spiro atoms. The van der Waals surface area contributed by atoms with Crippen molar-refractivity contribution in [3.63, 3.8) is 0 Å². The number of unbranched alkanes of at least 4 members (excludes halogenated alkanes) is 5. The molecule has 0 saturated heterocycles. The lowest BCUT2D eigenvalue weighted by Gasteiger charge is -2.08. The third kappa shape index (κ3) is 9.34. The van der Waals surface area contributed by atoms with Crippen molar-refractivity contribution < 1.29 is 9.53 Å². The summed E-state index contributed by atoms with van der Waals surface area (Å²) in [7, 11) is 0. The maximum atomic E-state index is 11.8. The van der Waals surface area contributed by atoms with Crippen LogP contribution < -0.4 is 10.1 Å². The predicted molar refractivity (Wildman–Crippen MR) is 130 cm³/mol. The summed E-state index contributed by atoms with van der Waals surface area (Å²) >= 11 is 0. The Balaban J connectivity index is 1.58. The molecule has 0 bridgehead atoms. The molecular formula is C27H35N3O2. The van der Waals surface area contributed by atoms with Crippen molar-refractivity contribution in [2.75, 3.05) is 13.2 Å². The molecule has 2 aromatic rings. The van der Waals surface area contributed by atoms with E-state index in [1.807, 2.05) is 43.3 Å². The first-order valence-electron chi connectivity index (χ1n) is 11.5. The van der Waals surface area contributed by atoms with Gasteiger partial charge in [0.15, 0.2) is 0 Å². The second kappa shape index (κ2) is 14.0. The molecule has 5 nitrogen and oxygen atoms in total. The highest BCUT2D eigenvalue weighted by molar-refractivity contribution is 5.88. The number of pyridine rings is 1. The van der Waals surface area contributed by atoms with Crippen LogP contribution in [0.25, 0.3) is 10.9 Å². The van der Waals surface area contributed by atoms with Gasteiger partial charge < -0.3 is 10.1 Å². The number of nitrogens with one attached hydrogen (secondary N) is 1. The molecule has 0 aliphatic heterocycles. The van der Waals surface area contributed by atoms with E-state index < -0.39 is 0 Å². The van der Waals surface area contributed by atoms with Gasteiger partial charge in [-0.05, 0) is 49.8 Å². The number of carbonyl (C=O) groups is 1. The molecule has 0 radical (unpaired) electrons. The lowest BCUT2D eigenvalue weighted by Crippen LogP contribution is -2.25. The fourth-order valence-corrected chi connectivity index (χ4v) is 3.23. The molecule has 0 fully saturated rings. The number of nitrogens with zero attached hydrogens (tertiary/aromatic N) is 2. The lowest BCUT2D eigenvalue weighted by atomic mass is 10.1. The van der Waals surface area contributed by atoms with E-state index in [0.717, 1.165) is 48.6 Å². The third-order valence-electron chi connectivity index (χ3n) is 4.99. The van der Waals surface area contributed by atoms with Gasteiger partial charge in [0.05, 0.1) is 12.1 Å². The highest BCUT2D eigenvalue weighted by atomic mass is 16.5. The molecule has 0 saturated carbocycles. The number of fused-ring (bicyclic) bond motifs is 1. The number of aromatic nitrogens is 1. The first-order chi connectivity index (χ1) is 15.5. The minimum absolute atomic E-state index is 0.0242. The Morgan fingerprint density at radius 3 is 2.72 bits per heavy atom. The molecule has 1 aromatic carbocycles. The molecular weight excluding hydrogens is 398 g/mol.